The number of nitrogens with two attached hydrogens (primary N) is 1. The minimum absolute atomic E-state index is 0.103. The first-order valence-corrected chi connectivity index (χ1v) is 6.99. The molecular weight excluding hydrogens is 337 g/mol. The Hall–Kier alpha value is -2.21. The summed E-state index contributed by atoms with van der Waals surface area (Å²) in [7, 11) is 0. The summed E-state index contributed by atoms with van der Waals surface area (Å²) in [5.41, 5.74) is 8.17. The van der Waals surface area contributed by atoms with Gasteiger partial charge < -0.3 is 10.3 Å². The van der Waals surface area contributed by atoms with Crippen molar-refractivity contribution in [2.24, 2.45) is 0 Å². The Morgan fingerprint density at radius 3 is 2.76 bits per heavy atom. The van der Waals surface area contributed by atoms with Crippen molar-refractivity contribution in [2.75, 3.05) is 5.73 Å². The molecule has 0 aliphatic heterocycles. The fraction of sp³-hybridized carbons (Fsp3) is 0.0667. The fourth-order valence-corrected chi connectivity index (χ4v) is 2.27. The van der Waals surface area contributed by atoms with Crippen molar-refractivity contribution in [3.63, 3.8) is 0 Å². The summed E-state index contributed by atoms with van der Waals surface area (Å²) in [5, 5.41) is 3.89. The van der Waals surface area contributed by atoms with Crippen molar-refractivity contribution in [3.05, 3.63) is 52.3 Å². The lowest BCUT2D eigenvalue weighted by atomic mass is 10.1. The Morgan fingerprint density at radius 2 is 2.00 bits per heavy atom. The lowest BCUT2D eigenvalue weighted by molar-refractivity contribution is 0.429. The van der Waals surface area contributed by atoms with Crippen LogP contribution in [-0.2, 0) is 0 Å². The van der Waals surface area contributed by atoms with Crippen LogP contribution < -0.4 is 5.73 Å². The Balaban J connectivity index is 2.03. The molecule has 0 amide bonds. The number of hydrogen-bond acceptors (Lipinski definition) is 4. The second-order valence-electron chi connectivity index (χ2n) is 4.63. The lowest BCUT2D eigenvalue weighted by Crippen LogP contribution is -1.90. The molecule has 6 heteroatoms. The van der Waals surface area contributed by atoms with E-state index in [1.165, 1.54) is 18.2 Å². The molecule has 0 unspecified atom stereocenters. The number of halogens is 2. The molecule has 1 heterocycles. The van der Waals surface area contributed by atoms with E-state index < -0.39 is 5.82 Å². The van der Waals surface area contributed by atoms with Gasteiger partial charge in [-0.05, 0) is 36.8 Å². The van der Waals surface area contributed by atoms with E-state index in [-0.39, 0.29) is 11.5 Å². The molecule has 0 bridgehead atoms. The highest BCUT2D eigenvalue weighted by Gasteiger charge is 2.15. The van der Waals surface area contributed by atoms with E-state index in [1.807, 2.05) is 25.1 Å². The van der Waals surface area contributed by atoms with E-state index in [4.69, 9.17) is 10.3 Å². The summed E-state index contributed by atoms with van der Waals surface area (Å²) in [6.45, 7) is 1.98. The van der Waals surface area contributed by atoms with E-state index >= 15 is 0 Å². The van der Waals surface area contributed by atoms with Gasteiger partial charge in [0.1, 0.15) is 5.82 Å². The van der Waals surface area contributed by atoms with Crippen molar-refractivity contribution in [2.45, 2.75) is 6.92 Å². The second kappa shape index (κ2) is 5.29. The zero-order chi connectivity index (χ0) is 15.0. The Kier molecular flexibility index (Phi) is 3.47. The van der Waals surface area contributed by atoms with E-state index in [1.54, 1.807) is 0 Å². The van der Waals surface area contributed by atoms with Gasteiger partial charge >= 0.3 is 0 Å². The zero-order valence-corrected chi connectivity index (χ0v) is 12.7. The van der Waals surface area contributed by atoms with E-state index in [0.29, 0.717) is 11.5 Å². The molecule has 3 aromatic rings. The van der Waals surface area contributed by atoms with Gasteiger partial charge in [0.05, 0.1) is 5.56 Å². The van der Waals surface area contributed by atoms with E-state index in [2.05, 4.69) is 26.1 Å². The first-order valence-electron chi connectivity index (χ1n) is 6.20. The van der Waals surface area contributed by atoms with Crippen LogP contribution in [-0.4, -0.2) is 10.1 Å². The highest BCUT2D eigenvalue weighted by Crippen LogP contribution is 2.28. The molecule has 21 heavy (non-hydrogen) atoms. The van der Waals surface area contributed by atoms with Gasteiger partial charge in [-0.1, -0.05) is 33.2 Å². The summed E-state index contributed by atoms with van der Waals surface area (Å²) >= 11 is 3.45. The van der Waals surface area contributed by atoms with Crippen LogP contribution in [0.1, 0.15) is 5.56 Å². The molecule has 2 N–H and O–H groups in total. The number of nitrogen functional groups attached to an aromatic ring is 1. The molecule has 0 saturated carbocycles. The first-order chi connectivity index (χ1) is 10.0. The van der Waals surface area contributed by atoms with E-state index in [9.17, 15) is 4.39 Å². The predicted molar refractivity (Wildman–Crippen MR) is 82.0 cm³/mol. The summed E-state index contributed by atoms with van der Waals surface area (Å²) in [5.74, 6) is 0.0449. The number of hydrogen-bond donors (Lipinski definition) is 1. The monoisotopic (exact) mass is 347 g/mol. The number of nitrogens with zero attached hydrogens (tertiary/aromatic N) is 2. The van der Waals surface area contributed by atoms with Crippen molar-refractivity contribution in [1.29, 1.82) is 0 Å². The van der Waals surface area contributed by atoms with Gasteiger partial charge in [-0.3, -0.25) is 0 Å². The maximum Gasteiger partial charge on any atom is 0.261 e. The SMILES string of the molecule is Cc1ccc(-c2noc(-c3cc(N)ccc3F)n2)cc1Br. The zero-order valence-electron chi connectivity index (χ0n) is 11.1. The van der Waals surface area contributed by atoms with Gasteiger partial charge in [0, 0.05) is 15.7 Å². The predicted octanol–water partition coefficient (Wildman–Crippen LogP) is 4.20. The van der Waals surface area contributed by atoms with Crippen molar-refractivity contribution < 1.29 is 8.91 Å². The smallest absolute Gasteiger partial charge is 0.261 e. The standard InChI is InChI=1S/C15H11BrFN3O/c1-8-2-3-9(6-12(8)16)14-19-15(21-20-14)11-7-10(18)4-5-13(11)17/h2-7H,18H2,1H3. The molecule has 0 radical (unpaired) electrons. The van der Waals surface area contributed by atoms with Crippen molar-refractivity contribution in [1.82, 2.24) is 10.1 Å². The number of rotatable bonds is 2. The molecule has 4 nitrogen and oxygen atoms in total. The van der Waals surface area contributed by atoms with Gasteiger partial charge in [0.25, 0.3) is 5.89 Å². The minimum atomic E-state index is -0.454. The third kappa shape index (κ3) is 2.67. The maximum atomic E-state index is 13.8. The van der Waals surface area contributed by atoms with Gasteiger partial charge in [0.2, 0.25) is 5.82 Å². The third-order valence-electron chi connectivity index (χ3n) is 3.08. The lowest BCUT2D eigenvalue weighted by Gasteiger charge is -2.00. The highest BCUT2D eigenvalue weighted by molar-refractivity contribution is 9.10. The molecule has 0 atom stereocenters. The molecule has 0 aliphatic carbocycles. The largest absolute Gasteiger partial charge is 0.399 e. The number of anilines is 1. The normalized spacial score (nSPS) is 10.8. The quantitative estimate of drug-likeness (QED) is 0.705. The maximum absolute atomic E-state index is 13.8. The highest BCUT2D eigenvalue weighted by atomic mass is 79.9. The van der Waals surface area contributed by atoms with Crippen LogP contribution in [0.15, 0.2) is 45.4 Å². The van der Waals surface area contributed by atoms with Gasteiger partial charge in [-0.25, -0.2) is 4.39 Å². The average Bonchev–Trinajstić information content (AvgIpc) is 2.94. The van der Waals surface area contributed by atoms with Crippen molar-refractivity contribution >= 4 is 21.6 Å². The number of aromatic nitrogens is 2. The molecule has 0 aliphatic rings. The first kappa shape index (κ1) is 13.8. The van der Waals surface area contributed by atoms with Crippen LogP contribution in [0, 0.1) is 12.7 Å². The van der Waals surface area contributed by atoms with Crippen LogP contribution in [0.3, 0.4) is 0 Å². The van der Waals surface area contributed by atoms with Crippen LogP contribution in [0.2, 0.25) is 0 Å². The minimum Gasteiger partial charge on any atom is -0.399 e. The molecular formula is C15H11BrFN3O. The molecule has 0 fully saturated rings. The van der Waals surface area contributed by atoms with Gasteiger partial charge in [0.15, 0.2) is 0 Å². The van der Waals surface area contributed by atoms with E-state index in [0.717, 1.165) is 15.6 Å². The Morgan fingerprint density at radius 1 is 1.19 bits per heavy atom. The molecule has 3 rings (SSSR count). The molecule has 2 aromatic carbocycles. The van der Waals surface area contributed by atoms with Crippen LogP contribution in [0.25, 0.3) is 22.8 Å². The number of aryl methyl sites for hydroxylation is 1. The second-order valence-corrected chi connectivity index (χ2v) is 5.48. The molecule has 0 saturated heterocycles. The topological polar surface area (TPSA) is 64.9 Å². The van der Waals surface area contributed by atoms with Gasteiger partial charge in [-0.2, -0.15) is 4.98 Å². The summed E-state index contributed by atoms with van der Waals surface area (Å²) in [6.07, 6.45) is 0. The molecule has 0 spiro atoms. The van der Waals surface area contributed by atoms with Crippen LogP contribution in [0.5, 0.6) is 0 Å². The Bertz CT molecular complexity index is 816. The van der Waals surface area contributed by atoms with Crippen LogP contribution in [0.4, 0.5) is 10.1 Å². The van der Waals surface area contributed by atoms with Gasteiger partial charge in [-0.15, -0.1) is 0 Å². The summed E-state index contributed by atoms with van der Waals surface area (Å²) < 4.78 is 19.9. The van der Waals surface area contributed by atoms with Crippen molar-refractivity contribution in [3.8, 4) is 22.8 Å². The molecule has 1 aromatic heterocycles. The third-order valence-corrected chi connectivity index (χ3v) is 3.93. The summed E-state index contributed by atoms with van der Waals surface area (Å²) in [4.78, 5) is 4.23. The Labute approximate surface area is 128 Å². The fourth-order valence-electron chi connectivity index (χ4n) is 1.89. The molecule has 106 valence electrons. The average molecular weight is 348 g/mol. The summed E-state index contributed by atoms with van der Waals surface area (Å²) in [6, 6.07) is 9.93. The van der Waals surface area contributed by atoms with Crippen LogP contribution >= 0.6 is 15.9 Å². The number of benzene rings is 2.